The molecule has 4 heteroatoms. The van der Waals surface area contributed by atoms with Crippen LogP contribution in [-0.4, -0.2) is 35.4 Å². The van der Waals surface area contributed by atoms with Crippen molar-refractivity contribution in [2.24, 2.45) is 0 Å². The first-order valence-corrected chi connectivity index (χ1v) is 8.16. The van der Waals surface area contributed by atoms with Crippen LogP contribution in [-0.2, 0) is 6.42 Å². The number of carbonyl (C=O) groups excluding carboxylic acids is 1. The van der Waals surface area contributed by atoms with Crippen molar-refractivity contribution in [3.05, 3.63) is 72.1 Å². The molecule has 1 aromatic heterocycles. The SMILES string of the molecule is C=CCNc1ccccc1C(=O)N(C)C(C)Cc1ncccc1C. The van der Waals surface area contributed by atoms with Gasteiger partial charge in [0.15, 0.2) is 0 Å². The number of aromatic nitrogens is 1. The lowest BCUT2D eigenvalue weighted by Gasteiger charge is -2.26. The van der Waals surface area contributed by atoms with E-state index < -0.39 is 0 Å². The highest BCUT2D eigenvalue weighted by Gasteiger charge is 2.20. The molecule has 4 nitrogen and oxygen atoms in total. The number of nitrogens with zero attached hydrogens (tertiary/aromatic N) is 2. The van der Waals surface area contributed by atoms with Gasteiger partial charge in [0.1, 0.15) is 0 Å². The summed E-state index contributed by atoms with van der Waals surface area (Å²) in [5, 5.41) is 3.22. The van der Waals surface area contributed by atoms with Gasteiger partial charge in [-0.3, -0.25) is 9.78 Å². The Morgan fingerprint density at radius 1 is 1.33 bits per heavy atom. The van der Waals surface area contributed by atoms with Crippen molar-refractivity contribution in [3.63, 3.8) is 0 Å². The summed E-state index contributed by atoms with van der Waals surface area (Å²) >= 11 is 0. The van der Waals surface area contributed by atoms with E-state index in [2.05, 4.69) is 16.9 Å². The van der Waals surface area contributed by atoms with Crippen molar-refractivity contribution in [1.82, 2.24) is 9.88 Å². The number of amides is 1. The summed E-state index contributed by atoms with van der Waals surface area (Å²) in [5.41, 5.74) is 3.68. The fourth-order valence-electron chi connectivity index (χ4n) is 2.54. The first-order chi connectivity index (χ1) is 11.5. The number of pyridine rings is 1. The smallest absolute Gasteiger partial charge is 0.255 e. The molecular weight excluding hydrogens is 298 g/mol. The Morgan fingerprint density at radius 2 is 2.08 bits per heavy atom. The second-order valence-corrected chi connectivity index (χ2v) is 5.95. The molecule has 2 aromatic rings. The number of likely N-dealkylation sites (N-methyl/N-ethyl adjacent to an activating group) is 1. The Hall–Kier alpha value is -2.62. The molecule has 126 valence electrons. The molecule has 1 unspecified atom stereocenters. The fourth-order valence-corrected chi connectivity index (χ4v) is 2.54. The Morgan fingerprint density at radius 3 is 2.79 bits per heavy atom. The third-order valence-corrected chi connectivity index (χ3v) is 4.18. The number of carbonyl (C=O) groups is 1. The lowest BCUT2D eigenvalue weighted by atomic mass is 10.1. The molecule has 0 spiro atoms. The molecule has 1 atom stereocenters. The predicted molar refractivity (Wildman–Crippen MR) is 99.4 cm³/mol. The van der Waals surface area contributed by atoms with E-state index in [1.54, 1.807) is 17.2 Å². The Kier molecular flexibility index (Phi) is 6.13. The minimum absolute atomic E-state index is 0.00301. The number of hydrogen-bond donors (Lipinski definition) is 1. The Labute approximate surface area is 144 Å². The topological polar surface area (TPSA) is 45.2 Å². The van der Waals surface area contributed by atoms with Crippen LogP contribution in [0.2, 0.25) is 0 Å². The highest BCUT2D eigenvalue weighted by Crippen LogP contribution is 2.19. The monoisotopic (exact) mass is 323 g/mol. The molecule has 0 aliphatic heterocycles. The standard InChI is InChI=1S/C20H25N3O/c1-5-12-21-18-11-7-6-10-17(18)20(24)23(4)16(3)14-19-15(2)9-8-13-22-19/h5-11,13,16,21H,1,12,14H2,2-4H3. The second-order valence-electron chi connectivity index (χ2n) is 5.95. The highest BCUT2D eigenvalue weighted by atomic mass is 16.2. The van der Waals surface area contributed by atoms with Gasteiger partial charge in [0.2, 0.25) is 0 Å². The molecule has 0 radical (unpaired) electrons. The van der Waals surface area contributed by atoms with Gasteiger partial charge in [-0.15, -0.1) is 6.58 Å². The van der Waals surface area contributed by atoms with Crippen LogP contribution in [0.1, 0.15) is 28.5 Å². The number of para-hydroxylation sites is 1. The minimum Gasteiger partial charge on any atom is -0.381 e. The number of rotatable bonds is 7. The van der Waals surface area contributed by atoms with E-state index in [-0.39, 0.29) is 11.9 Å². The third kappa shape index (κ3) is 4.22. The summed E-state index contributed by atoms with van der Waals surface area (Å²) in [6.07, 6.45) is 4.31. The lowest BCUT2D eigenvalue weighted by molar-refractivity contribution is 0.0743. The van der Waals surface area contributed by atoms with Gasteiger partial charge in [-0.2, -0.15) is 0 Å². The van der Waals surface area contributed by atoms with Crippen LogP contribution in [0.15, 0.2) is 55.3 Å². The molecule has 2 rings (SSSR count). The molecule has 0 aliphatic carbocycles. The summed E-state index contributed by atoms with van der Waals surface area (Å²) in [4.78, 5) is 19.1. The van der Waals surface area contributed by atoms with E-state index in [4.69, 9.17) is 0 Å². The van der Waals surface area contributed by atoms with Crippen LogP contribution in [0.4, 0.5) is 5.69 Å². The number of anilines is 1. The largest absolute Gasteiger partial charge is 0.381 e. The van der Waals surface area contributed by atoms with Crippen LogP contribution in [0.3, 0.4) is 0 Å². The number of hydrogen-bond acceptors (Lipinski definition) is 3. The van der Waals surface area contributed by atoms with E-state index in [0.29, 0.717) is 12.1 Å². The van der Waals surface area contributed by atoms with Gasteiger partial charge < -0.3 is 10.2 Å². The van der Waals surface area contributed by atoms with Gasteiger partial charge >= 0.3 is 0 Å². The van der Waals surface area contributed by atoms with E-state index >= 15 is 0 Å². The number of nitrogens with one attached hydrogen (secondary N) is 1. The maximum absolute atomic E-state index is 12.9. The molecule has 24 heavy (non-hydrogen) atoms. The molecular formula is C20H25N3O. The van der Waals surface area contributed by atoms with Crippen LogP contribution in [0.25, 0.3) is 0 Å². The van der Waals surface area contributed by atoms with Gasteiger partial charge in [-0.1, -0.05) is 24.3 Å². The van der Waals surface area contributed by atoms with Crippen LogP contribution in [0, 0.1) is 6.92 Å². The third-order valence-electron chi connectivity index (χ3n) is 4.18. The van der Waals surface area contributed by atoms with Crippen LogP contribution >= 0.6 is 0 Å². The summed E-state index contributed by atoms with van der Waals surface area (Å²) in [6.45, 7) is 8.42. The number of aryl methyl sites for hydroxylation is 1. The van der Waals surface area contributed by atoms with E-state index in [1.165, 1.54) is 0 Å². The van der Waals surface area contributed by atoms with Gasteiger partial charge in [-0.05, 0) is 37.6 Å². The van der Waals surface area contributed by atoms with Crippen molar-refractivity contribution in [1.29, 1.82) is 0 Å². The normalized spacial score (nSPS) is 11.6. The highest BCUT2D eigenvalue weighted by molar-refractivity contribution is 5.99. The molecule has 0 aliphatic rings. The van der Waals surface area contributed by atoms with Crippen molar-refractivity contribution in [2.75, 3.05) is 18.9 Å². The molecule has 0 fully saturated rings. The van der Waals surface area contributed by atoms with Crippen molar-refractivity contribution in [3.8, 4) is 0 Å². The molecule has 1 N–H and O–H groups in total. The van der Waals surface area contributed by atoms with E-state index in [9.17, 15) is 4.79 Å². The second kappa shape index (κ2) is 8.29. The Bertz CT molecular complexity index is 712. The molecule has 0 saturated carbocycles. The molecule has 0 bridgehead atoms. The molecule has 1 aromatic carbocycles. The van der Waals surface area contributed by atoms with Crippen molar-refractivity contribution in [2.45, 2.75) is 26.3 Å². The van der Waals surface area contributed by atoms with Crippen LogP contribution < -0.4 is 5.32 Å². The summed E-state index contributed by atoms with van der Waals surface area (Å²) in [6, 6.07) is 11.6. The predicted octanol–water partition coefficient (Wildman–Crippen LogP) is 3.69. The van der Waals surface area contributed by atoms with Crippen LogP contribution in [0.5, 0.6) is 0 Å². The quantitative estimate of drug-likeness (QED) is 0.790. The maximum atomic E-state index is 12.9. The molecule has 0 saturated heterocycles. The zero-order valence-electron chi connectivity index (χ0n) is 14.6. The van der Waals surface area contributed by atoms with Gasteiger partial charge in [0.25, 0.3) is 5.91 Å². The van der Waals surface area contributed by atoms with E-state index in [0.717, 1.165) is 23.4 Å². The van der Waals surface area contributed by atoms with Crippen molar-refractivity contribution < 1.29 is 4.79 Å². The first kappa shape index (κ1) is 17.7. The van der Waals surface area contributed by atoms with Gasteiger partial charge in [0, 0.05) is 43.6 Å². The summed E-state index contributed by atoms with van der Waals surface area (Å²) in [7, 11) is 1.84. The number of benzene rings is 1. The zero-order valence-corrected chi connectivity index (χ0v) is 14.6. The van der Waals surface area contributed by atoms with E-state index in [1.807, 2.05) is 57.3 Å². The maximum Gasteiger partial charge on any atom is 0.255 e. The summed E-state index contributed by atoms with van der Waals surface area (Å²) < 4.78 is 0. The molecule has 1 heterocycles. The minimum atomic E-state index is 0.00301. The average Bonchev–Trinajstić information content (AvgIpc) is 2.60. The summed E-state index contributed by atoms with van der Waals surface area (Å²) in [5.74, 6) is 0.00301. The fraction of sp³-hybridized carbons (Fsp3) is 0.300. The van der Waals surface area contributed by atoms with Gasteiger partial charge in [-0.25, -0.2) is 0 Å². The lowest BCUT2D eigenvalue weighted by Crippen LogP contribution is -2.37. The Balaban J connectivity index is 2.14. The zero-order chi connectivity index (χ0) is 17.5. The molecule has 1 amide bonds. The average molecular weight is 323 g/mol. The van der Waals surface area contributed by atoms with Gasteiger partial charge in [0.05, 0.1) is 5.56 Å². The van der Waals surface area contributed by atoms with Crippen molar-refractivity contribution >= 4 is 11.6 Å². The first-order valence-electron chi connectivity index (χ1n) is 8.16.